The number of fused-ring (bicyclic) bond motifs is 1. The normalized spacial score (nSPS) is 14.1. The fourth-order valence-electron chi connectivity index (χ4n) is 2.23. The Morgan fingerprint density at radius 3 is 2.52 bits per heavy atom. The Kier molecular flexibility index (Phi) is 5.48. The van der Waals surface area contributed by atoms with Crippen molar-refractivity contribution in [2.45, 2.75) is 31.7 Å². The third kappa shape index (κ3) is 4.14. The quantitative estimate of drug-likeness (QED) is 0.833. The molecule has 1 heterocycles. The molecule has 0 fully saturated rings. The van der Waals surface area contributed by atoms with E-state index in [0.717, 1.165) is 4.31 Å². The first-order valence-electron chi connectivity index (χ1n) is 7.53. The molecule has 0 atom stereocenters. The van der Waals surface area contributed by atoms with Gasteiger partial charge in [-0.15, -0.1) is 0 Å². The van der Waals surface area contributed by atoms with Gasteiger partial charge in [0.2, 0.25) is 15.9 Å². The lowest BCUT2D eigenvalue weighted by Crippen LogP contribution is -2.42. The monoisotopic (exact) mass is 342 g/mol. The van der Waals surface area contributed by atoms with Crippen LogP contribution in [0.15, 0.2) is 23.1 Å². The number of ether oxygens (including phenoxy) is 2. The van der Waals surface area contributed by atoms with Crippen LogP contribution >= 0.6 is 0 Å². The number of likely N-dealkylation sites (N-methyl/N-ethyl adjacent to an activating group) is 1. The van der Waals surface area contributed by atoms with E-state index in [1.807, 2.05) is 13.8 Å². The molecule has 0 bridgehead atoms. The number of carbonyl (C=O) groups excluding carboxylic acids is 1. The number of amides is 1. The van der Waals surface area contributed by atoms with E-state index in [0.29, 0.717) is 24.7 Å². The van der Waals surface area contributed by atoms with Gasteiger partial charge in [-0.1, -0.05) is 6.92 Å². The summed E-state index contributed by atoms with van der Waals surface area (Å²) in [5.41, 5.74) is 0. The van der Waals surface area contributed by atoms with Gasteiger partial charge in [-0.25, -0.2) is 8.42 Å². The maximum Gasteiger partial charge on any atom is 0.243 e. The molecule has 0 spiro atoms. The van der Waals surface area contributed by atoms with Gasteiger partial charge in [-0.05, 0) is 26.0 Å². The molecule has 1 aromatic carbocycles. The fourth-order valence-corrected chi connectivity index (χ4v) is 3.65. The van der Waals surface area contributed by atoms with Crippen molar-refractivity contribution in [2.24, 2.45) is 0 Å². The highest BCUT2D eigenvalue weighted by Gasteiger charge is 2.27. The standard InChI is InChI=1S/C15H22N2O5S/c1-4-17(10-15(18)16-11(2)3)23(19,20)12-5-6-13-14(9-12)22-8-7-21-13/h5-6,9,11H,4,7-8,10H2,1-3H3,(H,16,18). The van der Waals surface area contributed by atoms with E-state index in [4.69, 9.17) is 9.47 Å². The second-order valence-corrected chi connectivity index (χ2v) is 7.40. The van der Waals surface area contributed by atoms with Crippen LogP contribution in [0.1, 0.15) is 20.8 Å². The SMILES string of the molecule is CCN(CC(=O)NC(C)C)S(=O)(=O)c1ccc2c(c1)OCCO2. The molecule has 1 aromatic rings. The molecule has 0 saturated carbocycles. The summed E-state index contributed by atoms with van der Waals surface area (Å²) in [4.78, 5) is 12.0. The van der Waals surface area contributed by atoms with Crippen molar-refractivity contribution in [1.82, 2.24) is 9.62 Å². The Morgan fingerprint density at radius 2 is 1.91 bits per heavy atom. The molecular formula is C15H22N2O5S. The van der Waals surface area contributed by atoms with E-state index in [9.17, 15) is 13.2 Å². The Labute approximate surface area is 136 Å². The first-order valence-corrected chi connectivity index (χ1v) is 8.97. The second kappa shape index (κ2) is 7.18. The van der Waals surface area contributed by atoms with Gasteiger partial charge in [0.25, 0.3) is 0 Å². The first kappa shape index (κ1) is 17.6. The van der Waals surface area contributed by atoms with Gasteiger partial charge in [0.15, 0.2) is 11.5 Å². The molecule has 0 saturated heterocycles. The minimum atomic E-state index is -3.78. The van der Waals surface area contributed by atoms with Crippen LogP contribution < -0.4 is 14.8 Å². The van der Waals surface area contributed by atoms with Crippen molar-refractivity contribution in [3.8, 4) is 11.5 Å². The fraction of sp³-hybridized carbons (Fsp3) is 0.533. The summed E-state index contributed by atoms with van der Waals surface area (Å²) < 4.78 is 37.4. The predicted molar refractivity (Wildman–Crippen MR) is 85.1 cm³/mol. The number of nitrogens with one attached hydrogen (secondary N) is 1. The van der Waals surface area contributed by atoms with E-state index in [2.05, 4.69) is 5.32 Å². The van der Waals surface area contributed by atoms with Crippen molar-refractivity contribution in [2.75, 3.05) is 26.3 Å². The van der Waals surface area contributed by atoms with Crippen molar-refractivity contribution >= 4 is 15.9 Å². The number of rotatable bonds is 6. The van der Waals surface area contributed by atoms with Crippen LogP contribution in [0.25, 0.3) is 0 Å². The van der Waals surface area contributed by atoms with E-state index < -0.39 is 10.0 Å². The summed E-state index contributed by atoms with van der Waals surface area (Å²) in [7, 11) is -3.78. The van der Waals surface area contributed by atoms with Crippen LogP contribution in [0.3, 0.4) is 0 Å². The van der Waals surface area contributed by atoms with Crippen molar-refractivity contribution in [3.05, 3.63) is 18.2 Å². The number of sulfonamides is 1. The summed E-state index contributed by atoms with van der Waals surface area (Å²) in [6, 6.07) is 4.43. The molecule has 1 aliphatic heterocycles. The van der Waals surface area contributed by atoms with Gasteiger partial charge in [0.05, 0.1) is 11.4 Å². The van der Waals surface area contributed by atoms with Crippen LogP contribution in [-0.4, -0.2) is 51.0 Å². The Hall–Kier alpha value is -1.80. The highest BCUT2D eigenvalue weighted by atomic mass is 32.2. The third-order valence-corrected chi connectivity index (χ3v) is 5.19. The van der Waals surface area contributed by atoms with Gasteiger partial charge >= 0.3 is 0 Å². The molecule has 1 aliphatic rings. The van der Waals surface area contributed by atoms with E-state index in [1.165, 1.54) is 12.1 Å². The molecule has 1 N–H and O–H groups in total. The summed E-state index contributed by atoms with van der Waals surface area (Å²) >= 11 is 0. The third-order valence-electron chi connectivity index (χ3n) is 3.27. The number of benzene rings is 1. The minimum Gasteiger partial charge on any atom is -0.486 e. The molecule has 0 radical (unpaired) electrons. The number of carbonyl (C=O) groups is 1. The van der Waals surface area contributed by atoms with Crippen LogP contribution in [-0.2, 0) is 14.8 Å². The van der Waals surface area contributed by atoms with Crippen LogP contribution in [0.2, 0.25) is 0 Å². The lowest BCUT2D eigenvalue weighted by atomic mass is 10.3. The van der Waals surface area contributed by atoms with Crippen LogP contribution in [0, 0.1) is 0 Å². The van der Waals surface area contributed by atoms with E-state index in [1.54, 1.807) is 13.0 Å². The van der Waals surface area contributed by atoms with Crippen molar-refractivity contribution in [3.63, 3.8) is 0 Å². The number of nitrogens with zero attached hydrogens (tertiary/aromatic N) is 1. The zero-order chi connectivity index (χ0) is 17.0. The molecule has 0 aliphatic carbocycles. The molecule has 128 valence electrons. The summed E-state index contributed by atoms with van der Waals surface area (Å²) in [5, 5.41) is 2.69. The van der Waals surface area contributed by atoms with Gasteiger partial charge < -0.3 is 14.8 Å². The van der Waals surface area contributed by atoms with Crippen molar-refractivity contribution in [1.29, 1.82) is 0 Å². The molecule has 0 aromatic heterocycles. The Balaban J connectivity index is 2.23. The Bertz CT molecular complexity index is 672. The van der Waals surface area contributed by atoms with Gasteiger partial charge in [-0.2, -0.15) is 4.31 Å². The molecule has 8 heteroatoms. The highest BCUT2D eigenvalue weighted by molar-refractivity contribution is 7.89. The number of hydrogen-bond donors (Lipinski definition) is 1. The lowest BCUT2D eigenvalue weighted by molar-refractivity contribution is -0.121. The zero-order valence-electron chi connectivity index (χ0n) is 13.5. The molecule has 0 unspecified atom stereocenters. The summed E-state index contributed by atoms with van der Waals surface area (Å²) in [6.07, 6.45) is 0. The summed E-state index contributed by atoms with van der Waals surface area (Å²) in [5.74, 6) is 0.596. The molecule has 2 rings (SSSR count). The summed E-state index contributed by atoms with van der Waals surface area (Å²) in [6.45, 7) is 6.14. The highest BCUT2D eigenvalue weighted by Crippen LogP contribution is 2.33. The average molecular weight is 342 g/mol. The van der Waals surface area contributed by atoms with Crippen LogP contribution in [0.5, 0.6) is 11.5 Å². The zero-order valence-corrected chi connectivity index (χ0v) is 14.4. The van der Waals surface area contributed by atoms with Gasteiger partial charge in [0.1, 0.15) is 13.2 Å². The van der Waals surface area contributed by atoms with Crippen LogP contribution in [0.4, 0.5) is 0 Å². The second-order valence-electron chi connectivity index (χ2n) is 5.46. The topological polar surface area (TPSA) is 84.9 Å². The maximum absolute atomic E-state index is 12.7. The molecule has 7 nitrogen and oxygen atoms in total. The first-order chi connectivity index (χ1) is 10.8. The predicted octanol–water partition coefficient (Wildman–Crippen LogP) is 0.993. The van der Waals surface area contributed by atoms with Gasteiger partial charge in [-0.3, -0.25) is 4.79 Å². The molecule has 1 amide bonds. The van der Waals surface area contributed by atoms with E-state index >= 15 is 0 Å². The minimum absolute atomic E-state index is 0.0433. The Morgan fingerprint density at radius 1 is 1.26 bits per heavy atom. The molecule has 23 heavy (non-hydrogen) atoms. The van der Waals surface area contributed by atoms with E-state index in [-0.39, 0.29) is 29.9 Å². The number of hydrogen-bond acceptors (Lipinski definition) is 5. The van der Waals surface area contributed by atoms with Gasteiger partial charge in [0, 0.05) is 18.7 Å². The molecular weight excluding hydrogens is 320 g/mol. The smallest absolute Gasteiger partial charge is 0.243 e. The largest absolute Gasteiger partial charge is 0.486 e. The lowest BCUT2D eigenvalue weighted by Gasteiger charge is -2.23. The maximum atomic E-state index is 12.7. The average Bonchev–Trinajstić information content (AvgIpc) is 2.51. The van der Waals surface area contributed by atoms with Crippen molar-refractivity contribution < 1.29 is 22.7 Å².